The van der Waals surface area contributed by atoms with E-state index in [2.05, 4.69) is 10.6 Å². The van der Waals surface area contributed by atoms with Gasteiger partial charge in [0, 0.05) is 44.2 Å². The molecule has 0 fully saturated rings. The van der Waals surface area contributed by atoms with Crippen molar-refractivity contribution in [2.75, 3.05) is 31.5 Å². The molecular formula is C27H36F3N5O3. The lowest BCUT2D eigenvalue weighted by Crippen LogP contribution is -2.46. The SMILES string of the molecule is CC(CCC(=O)N(CCN)CCN)C(=O)NC(CCc1ccccc1)C(=O)Nc1cccc(C(F)(F)F)c1. The molecule has 0 bridgehead atoms. The predicted octanol–water partition coefficient (Wildman–Crippen LogP) is 2.92. The van der Waals surface area contributed by atoms with Gasteiger partial charge in [-0.05, 0) is 43.0 Å². The van der Waals surface area contributed by atoms with Crippen LogP contribution in [0.4, 0.5) is 18.9 Å². The zero-order valence-corrected chi connectivity index (χ0v) is 21.5. The number of aryl methyl sites for hydroxylation is 1. The maximum Gasteiger partial charge on any atom is 0.416 e. The van der Waals surface area contributed by atoms with E-state index in [1.54, 1.807) is 11.8 Å². The molecule has 2 aromatic rings. The number of alkyl halides is 3. The van der Waals surface area contributed by atoms with Crippen LogP contribution in [0.1, 0.15) is 37.3 Å². The van der Waals surface area contributed by atoms with Crippen molar-refractivity contribution in [3.05, 3.63) is 65.7 Å². The molecule has 3 amide bonds. The Bertz CT molecular complexity index is 1040. The Labute approximate surface area is 220 Å². The van der Waals surface area contributed by atoms with Crippen LogP contribution in [0.15, 0.2) is 54.6 Å². The highest BCUT2D eigenvalue weighted by Crippen LogP contribution is 2.30. The normalized spacial score (nSPS) is 12.9. The third-order valence-corrected chi connectivity index (χ3v) is 6.04. The minimum Gasteiger partial charge on any atom is -0.344 e. The molecule has 0 aliphatic heterocycles. The standard InChI is InChI=1S/C27H36F3N5O3/c1-19(10-13-24(36)35(16-14-31)17-15-32)25(37)34-23(12-11-20-6-3-2-4-7-20)26(38)33-22-9-5-8-21(18-22)27(28,29)30/h2-9,18-19,23H,10-17,31-32H2,1H3,(H,33,38)(H,34,37). The zero-order valence-electron chi connectivity index (χ0n) is 21.5. The van der Waals surface area contributed by atoms with Gasteiger partial charge in [0.25, 0.3) is 0 Å². The molecule has 2 atom stereocenters. The van der Waals surface area contributed by atoms with Gasteiger partial charge >= 0.3 is 6.18 Å². The van der Waals surface area contributed by atoms with Gasteiger partial charge in [-0.3, -0.25) is 14.4 Å². The van der Waals surface area contributed by atoms with Crippen molar-refractivity contribution in [2.24, 2.45) is 17.4 Å². The number of nitrogens with one attached hydrogen (secondary N) is 2. The summed E-state index contributed by atoms with van der Waals surface area (Å²) in [5.74, 6) is -1.81. The summed E-state index contributed by atoms with van der Waals surface area (Å²) in [6.45, 7) is 2.98. The number of carbonyl (C=O) groups is 3. The number of rotatable bonds is 14. The van der Waals surface area contributed by atoms with E-state index in [1.807, 2.05) is 30.3 Å². The molecule has 0 radical (unpaired) electrons. The fourth-order valence-electron chi connectivity index (χ4n) is 3.84. The lowest BCUT2D eigenvalue weighted by atomic mass is 10.0. The number of hydrogen-bond acceptors (Lipinski definition) is 5. The number of hydrogen-bond donors (Lipinski definition) is 4. The van der Waals surface area contributed by atoms with Crippen molar-refractivity contribution in [1.29, 1.82) is 0 Å². The molecule has 2 aromatic carbocycles. The number of benzene rings is 2. The molecule has 0 aliphatic rings. The van der Waals surface area contributed by atoms with Crippen LogP contribution in [0.25, 0.3) is 0 Å². The fraction of sp³-hybridized carbons (Fsp3) is 0.444. The average molecular weight is 536 g/mol. The molecule has 0 aromatic heterocycles. The number of amides is 3. The quantitative estimate of drug-likeness (QED) is 0.296. The third-order valence-electron chi connectivity index (χ3n) is 6.04. The Hall–Kier alpha value is -3.44. The Morgan fingerprint density at radius 1 is 0.921 bits per heavy atom. The Kier molecular flexibility index (Phi) is 12.2. The van der Waals surface area contributed by atoms with Gasteiger partial charge in [-0.1, -0.05) is 43.3 Å². The first kappa shape index (κ1) is 30.8. The number of carbonyl (C=O) groups excluding carboxylic acids is 3. The lowest BCUT2D eigenvalue weighted by Gasteiger charge is -2.23. The van der Waals surface area contributed by atoms with E-state index >= 15 is 0 Å². The topological polar surface area (TPSA) is 131 Å². The van der Waals surface area contributed by atoms with Crippen molar-refractivity contribution >= 4 is 23.4 Å². The summed E-state index contributed by atoms with van der Waals surface area (Å²) in [6.07, 6.45) is -3.51. The van der Waals surface area contributed by atoms with E-state index in [0.29, 0.717) is 32.6 Å². The van der Waals surface area contributed by atoms with Gasteiger partial charge < -0.3 is 27.0 Å². The van der Waals surface area contributed by atoms with E-state index in [4.69, 9.17) is 11.5 Å². The Morgan fingerprint density at radius 2 is 1.58 bits per heavy atom. The van der Waals surface area contributed by atoms with Gasteiger partial charge in [0.15, 0.2) is 0 Å². The first-order chi connectivity index (χ1) is 18.0. The molecule has 208 valence electrons. The Morgan fingerprint density at radius 3 is 2.18 bits per heavy atom. The highest BCUT2D eigenvalue weighted by molar-refractivity contribution is 5.97. The molecule has 0 heterocycles. The summed E-state index contributed by atoms with van der Waals surface area (Å²) in [6, 6.07) is 12.6. The van der Waals surface area contributed by atoms with Crippen LogP contribution in [0.3, 0.4) is 0 Å². The molecular weight excluding hydrogens is 499 g/mol. The van der Waals surface area contributed by atoms with Gasteiger partial charge in [0.05, 0.1) is 5.56 Å². The second kappa shape index (κ2) is 15.1. The number of nitrogens with zero attached hydrogens (tertiary/aromatic N) is 1. The molecule has 0 aliphatic carbocycles. The lowest BCUT2D eigenvalue weighted by molar-refractivity contribution is -0.137. The smallest absolute Gasteiger partial charge is 0.344 e. The number of halogens is 3. The summed E-state index contributed by atoms with van der Waals surface area (Å²) >= 11 is 0. The molecule has 8 nitrogen and oxygen atoms in total. The molecule has 2 unspecified atom stereocenters. The van der Waals surface area contributed by atoms with Crippen LogP contribution in [-0.2, 0) is 27.0 Å². The second-order valence-corrected chi connectivity index (χ2v) is 9.05. The van der Waals surface area contributed by atoms with Crippen LogP contribution >= 0.6 is 0 Å². The molecule has 2 rings (SSSR count). The van der Waals surface area contributed by atoms with Gasteiger partial charge in [-0.25, -0.2) is 0 Å². The molecule has 11 heteroatoms. The largest absolute Gasteiger partial charge is 0.416 e. The number of anilines is 1. The molecule has 0 saturated heterocycles. The van der Waals surface area contributed by atoms with Crippen molar-refractivity contribution in [3.8, 4) is 0 Å². The first-order valence-corrected chi connectivity index (χ1v) is 12.6. The summed E-state index contributed by atoms with van der Waals surface area (Å²) in [5, 5.41) is 5.21. The molecule has 38 heavy (non-hydrogen) atoms. The molecule has 0 spiro atoms. The van der Waals surface area contributed by atoms with Crippen LogP contribution in [-0.4, -0.2) is 54.8 Å². The van der Waals surface area contributed by atoms with E-state index in [0.717, 1.165) is 17.7 Å². The van der Waals surface area contributed by atoms with Gasteiger partial charge in [0.2, 0.25) is 17.7 Å². The second-order valence-electron chi connectivity index (χ2n) is 9.05. The van der Waals surface area contributed by atoms with Crippen LogP contribution in [0.2, 0.25) is 0 Å². The summed E-state index contributed by atoms with van der Waals surface area (Å²) in [7, 11) is 0. The maximum absolute atomic E-state index is 13.1. The zero-order chi connectivity index (χ0) is 28.1. The van der Waals surface area contributed by atoms with Crippen LogP contribution < -0.4 is 22.1 Å². The minimum atomic E-state index is -4.56. The van der Waals surface area contributed by atoms with E-state index in [1.165, 1.54) is 12.1 Å². The van der Waals surface area contributed by atoms with Gasteiger partial charge in [0.1, 0.15) is 6.04 Å². The Balaban J connectivity index is 2.08. The summed E-state index contributed by atoms with van der Waals surface area (Å²) in [5.41, 5.74) is 11.1. The minimum absolute atomic E-state index is 0.0256. The highest BCUT2D eigenvalue weighted by Gasteiger charge is 2.31. The van der Waals surface area contributed by atoms with Crippen molar-refractivity contribution < 1.29 is 27.6 Å². The van der Waals surface area contributed by atoms with Crippen molar-refractivity contribution in [1.82, 2.24) is 10.2 Å². The van der Waals surface area contributed by atoms with Gasteiger partial charge in [-0.2, -0.15) is 13.2 Å². The maximum atomic E-state index is 13.1. The fourth-order valence-corrected chi connectivity index (χ4v) is 3.84. The predicted molar refractivity (Wildman–Crippen MR) is 140 cm³/mol. The highest BCUT2D eigenvalue weighted by atomic mass is 19.4. The molecule has 6 N–H and O–H groups in total. The van der Waals surface area contributed by atoms with Crippen molar-refractivity contribution in [2.45, 2.75) is 44.8 Å². The monoisotopic (exact) mass is 535 g/mol. The summed E-state index contributed by atoms with van der Waals surface area (Å²) < 4.78 is 39.3. The van der Waals surface area contributed by atoms with E-state index < -0.39 is 35.5 Å². The van der Waals surface area contributed by atoms with Crippen LogP contribution in [0.5, 0.6) is 0 Å². The van der Waals surface area contributed by atoms with E-state index in [9.17, 15) is 27.6 Å². The number of nitrogens with two attached hydrogens (primary N) is 2. The van der Waals surface area contributed by atoms with Crippen molar-refractivity contribution in [3.63, 3.8) is 0 Å². The first-order valence-electron chi connectivity index (χ1n) is 12.6. The molecule has 0 saturated carbocycles. The van der Waals surface area contributed by atoms with Crippen LogP contribution in [0, 0.1) is 5.92 Å². The van der Waals surface area contributed by atoms with Gasteiger partial charge in [-0.15, -0.1) is 0 Å². The summed E-state index contributed by atoms with van der Waals surface area (Å²) in [4.78, 5) is 40.0. The van der Waals surface area contributed by atoms with E-state index in [-0.39, 0.29) is 30.9 Å². The average Bonchev–Trinajstić information content (AvgIpc) is 2.89. The third kappa shape index (κ3) is 10.1.